The van der Waals surface area contributed by atoms with Gasteiger partial charge in [-0.15, -0.1) is 0 Å². The summed E-state index contributed by atoms with van der Waals surface area (Å²) in [6, 6.07) is 5.98. The number of carbonyl (C=O) groups excluding carboxylic acids is 1. The van der Waals surface area contributed by atoms with E-state index in [9.17, 15) is 25.2 Å². The molecule has 38 heavy (non-hydrogen) atoms. The molecule has 1 aliphatic carbocycles. The molecule has 12 heteroatoms. The molecule has 5 N–H and O–H groups in total. The largest absolute Gasteiger partial charge is 0.496 e. The maximum Gasteiger partial charge on any atom is 0.276 e. The number of H-pyrrole nitrogens is 1. The van der Waals surface area contributed by atoms with Gasteiger partial charge in [0.05, 0.1) is 26.9 Å². The average molecular weight is 527 g/mol. The summed E-state index contributed by atoms with van der Waals surface area (Å²) in [5.74, 6) is -5.09. The zero-order valence-electron chi connectivity index (χ0n) is 22.2. The number of hydrogen-bond donors (Lipinski definition) is 5. The second-order valence-electron chi connectivity index (χ2n) is 10.0. The number of benzene rings is 1. The smallest absolute Gasteiger partial charge is 0.276 e. The van der Waals surface area contributed by atoms with Crippen molar-refractivity contribution < 1.29 is 39.4 Å². The Morgan fingerprint density at radius 1 is 1.24 bits per heavy atom. The van der Waals surface area contributed by atoms with Gasteiger partial charge in [0.2, 0.25) is 7.85 Å². The summed E-state index contributed by atoms with van der Waals surface area (Å²) in [6.45, 7) is 2.34. The fourth-order valence-electron chi connectivity index (χ4n) is 5.18. The van der Waals surface area contributed by atoms with Gasteiger partial charge in [-0.05, 0) is 60.2 Å². The maximum atomic E-state index is 14.0. The van der Waals surface area contributed by atoms with E-state index < -0.39 is 29.8 Å². The van der Waals surface area contributed by atoms with Gasteiger partial charge < -0.3 is 39.6 Å². The molecular formula is C26H34BN3O8. The number of nitrogens with one attached hydrogen (secondary N) is 1. The van der Waals surface area contributed by atoms with Gasteiger partial charge in [0.25, 0.3) is 11.9 Å². The van der Waals surface area contributed by atoms with Crippen LogP contribution in [0.5, 0.6) is 5.75 Å². The fourth-order valence-corrected chi connectivity index (χ4v) is 5.18. The number of aliphatic imine (C=N–C) groups is 1. The minimum atomic E-state index is -2.61. The Kier molecular flexibility index (Phi) is 7.59. The summed E-state index contributed by atoms with van der Waals surface area (Å²) >= 11 is 0. The molecule has 11 nitrogen and oxygen atoms in total. The van der Waals surface area contributed by atoms with Crippen LogP contribution in [-0.2, 0) is 20.7 Å². The highest BCUT2D eigenvalue weighted by molar-refractivity contribution is 6.47. The molecule has 0 saturated carbocycles. The third-order valence-corrected chi connectivity index (χ3v) is 7.00. The molecule has 2 heterocycles. The minimum absolute atomic E-state index is 0.0727. The number of ether oxygens (including phenoxy) is 3. The van der Waals surface area contributed by atoms with Crippen LogP contribution in [0.4, 0.5) is 0 Å². The number of aromatic amines is 1. The number of amides is 1. The lowest BCUT2D eigenvalue weighted by Gasteiger charge is -2.53. The highest BCUT2D eigenvalue weighted by Crippen LogP contribution is 2.40. The van der Waals surface area contributed by atoms with E-state index >= 15 is 0 Å². The molecule has 1 amide bonds. The summed E-state index contributed by atoms with van der Waals surface area (Å²) in [7, 11) is 4.16. The van der Waals surface area contributed by atoms with Crippen molar-refractivity contribution in [2.75, 3.05) is 34.0 Å². The number of hydrogen-bond acceptors (Lipinski definition) is 9. The molecular weight excluding hydrogens is 493 g/mol. The Labute approximate surface area is 221 Å². The van der Waals surface area contributed by atoms with Gasteiger partial charge in [-0.2, -0.15) is 0 Å². The first-order valence-corrected chi connectivity index (χ1v) is 12.3. The van der Waals surface area contributed by atoms with Gasteiger partial charge >= 0.3 is 0 Å². The lowest BCUT2D eigenvalue weighted by molar-refractivity contribution is -0.352. The molecule has 1 aromatic carbocycles. The third kappa shape index (κ3) is 5.28. The van der Waals surface area contributed by atoms with Gasteiger partial charge in [-0.1, -0.05) is 0 Å². The Balaban J connectivity index is 1.75. The van der Waals surface area contributed by atoms with Crippen LogP contribution in [0.25, 0.3) is 16.7 Å². The van der Waals surface area contributed by atoms with E-state index in [1.54, 1.807) is 7.11 Å². The Bertz CT molecular complexity index is 1250. The molecule has 4 rings (SSSR count). The van der Waals surface area contributed by atoms with Crippen LogP contribution in [-0.4, -0.2) is 101 Å². The molecule has 0 bridgehead atoms. The molecule has 1 fully saturated rings. The van der Waals surface area contributed by atoms with E-state index in [1.807, 2.05) is 37.5 Å². The number of fused-ring (bicyclic) bond motifs is 1. The number of methoxy groups -OCH3 is 1. The van der Waals surface area contributed by atoms with E-state index in [0.717, 1.165) is 53.2 Å². The van der Waals surface area contributed by atoms with Crippen LogP contribution in [0, 0.1) is 0 Å². The van der Waals surface area contributed by atoms with E-state index in [1.165, 1.54) is 7.05 Å². The molecule has 1 aromatic heterocycles. The number of carbonyl (C=O) groups is 1. The quantitative estimate of drug-likeness (QED) is 0.173. The normalized spacial score (nSPS) is 17.6. The van der Waals surface area contributed by atoms with Crippen LogP contribution >= 0.6 is 0 Å². The van der Waals surface area contributed by atoms with Gasteiger partial charge in [0, 0.05) is 37.5 Å². The van der Waals surface area contributed by atoms with E-state index in [4.69, 9.17) is 14.2 Å². The van der Waals surface area contributed by atoms with Crippen molar-refractivity contribution in [3.05, 3.63) is 47.3 Å². The molecule has 1 aliphatic heterocycles. The van der Waals surface area contributed by atoms with Crippen molar-refractivity contribution in [3.63, 3.8) is 0 Å². The summed E-state index contributed by atoms with van der Waals surface area (Å²) in [6.07, 6.45) is 4.83. The Morgan fingerprint density at radius 2 is 1.95 bits per heavy atom. The zero-order valence-corrected chi connectivity index (χ0v) is 22.2. The van der Waals surface area contributed by atoms with Crippen molar-refractivity contribution in [3.8, 4) is 16.9 Å². The fraction of sp³-hybridized carbons (Fsp3) is 0.462. The first-order chi connectivity index (χ1) is 17.8. The topological polar surface area (TPSA) is 157 Å². The van der Waals surface area contributed by atoms with Crippen molar-refractivity contribution in [1.82, 2.24) is 9.88 Å². The molecule has 0 unspecified atom stereocenters. The van der Waals surface area contributed by atoms with Crippen molar-refractivity contribution in [2.45, 2.75) is 44.0 Å². The molecule has 2 aliphatic rings. The lowest BCUT2D eigenvalue weighted by atomic mass is 9.81. The van der Waals surface area contributed by atoms with E-state index in [2.05, 4.69) is 9.98 Å². The van der Waals surface area contributed by atoms with Gasteiger partial charge in [0.15, 0.2) is 5.81 Å². The molecule has 0 radical (unpaired) electrons. The number of nitrogens with zero attached hydrogens (tertiary/aromatic N) is 2. The third-order valence-electron chi connectivity index (χ3n) is 7.00. The van der Waals surface area contributed by atoms with Crippen LogP contribution in [0.15, 0.2) is 41.2 Å². The highest BCUT2D eigenvalue weighted by Gasteiger charge is 2.54. The molecule has 0 spiro atoms. The number of allylic oxidation sites excluding steroid dienone is 1. The number of aromatic nitrogens is 1. The molecule has 204 valence electrons. The predicted octanol–water partition coefficient (Wildman–Crippen LogP) is -0.0177. The van der Waals surface area contributed by atoms with Crippen LogP contribution in [0.1, 0.15) is 31.4 Å². The lowest BCUT2D eigenvalue weighted by Crippen LogP contribution is -2.74. The monoisotopic (exact) mass is 527 g/mol. The van der Waals surface area contributed by atoms with Crippen LogP contribution in [0.2, 0.25) is 0 Å². The number of aryl methyl sites for hydroxylation is 1. The minimum Gasteiger partial charge on any atom is -0.496 e. The first kappa shape index (κ1) is 28.0. The Hall–Kier alpha value is -3.00. The highest BCUT2D eigenvalue weighted by atomic mass is 16.8. The van der Waals surface area contributed by atoms with E-state index in [-0.39, 0.29) is 18.9 Å². The zero-order chi connectivity index (χ0) is 27.9. The van der Waals surface area contributed by atoms with Crippen molar-refractivity contribution in [2.24, 2.45) is 4.99 Å². The second-order valence-corrected chi connectivity index (χ2v) is 10.0. The molecule has 0 atom stereocenters. The summed E-state index contributed by atoms with van der Waals surface area (Å²) in [4.78, 5) is 22.2. The van der Waals surface area contributed by atoms with Crippen LogP contribution < -0.4 is 4.74 Å². The van der Waals surface area contributed by atoms with Crippen molar-refractivity contribution >= 4 is 25.0 Å². The van der Waals surface area contributed by atoms with Gasteiger partial charge in [-0.3, -0.25) is 14.7 Å². The number of rotatable bonds is 9. The van der Waals surface area contributed by atoms with Gasteiger partial charge in [0.1, 0.15) is 17.0 Å². The molecule has 2 aromatic rings. The van der Waals surface area contributed by atoms with Crippen LogP contribution in [0.3, 0.4) is 0 Å². The summed E-state index contributed by atoms with van der Waals surface area (Å²) < 4.78 is 16.1. The number of aliphatic hydroxyl groups is 4. The van der Waals surface area contributed by atoms with Gasteiger partial charge in [-0.25, -0.2) is 0 Å². The van der Waals surface area contributed by atoms with E-state index in [0.29, 0.717) is 18.4 Å². The summed E-state index contributed by atoms with van der Waals surface area (Å²) in [5, 5.41) is 40.7. The average Bonchev–Trinajstić information content (AvgIpc) is 3.35. The SMILES string of the molecule is BC(O)(O)N(C(=O)/C(=N/C)C1=C(C)c2cc(-c3cc[nH]c3)c(OC)cc2CC1)C1(COC(C)(O)O)COC1. The van der Waals surface area contributed by atoms with Crippen molar-refractivity contribution in [1.29, 1.82) is 0 Å². The Morgan fingerprint density at radius 3 is 2.45 bits per heavy atom. The standard InChI is InChI=1S/C26H34BN3O8/c1-15-18(6-5-16-9-21(36-4)20(10-19(15)16)17-7-8-29-11-17)22(28-3)23(31)30(26(27,34)35)25(12-37-13-25)14-38-24(2,32)33/h7-11,29,32-35H,5-6,12-14,27H2,1-4H3/b28-22+. The first-order valence-electron chi connectivity index (χ1n) is 12.3. The maximum absolute atomic E-state index is 14.0. The predicted molar refractivity (Wildman–Crippen MR) is 142 cm³/mol. The summed E-state index contributed by atoms with van der Waals surface area (Å²) in [5.41, 5.74) is 4.10. The second kappa shape index (κ2) is 10.3. The molecule has 1 saturated heterocycles.